The summed E-state index contributed by atoms with van der Waals surface area (Å²) >= 11 is 0. The third kappa shape index (κ3) is 3.74. The number of methoxy groups -OCH3 is 1. The largest absolute Gasteiger partial charge is 0.467 e. The van der Waals surface area contributed by atoms with Gasteiger partial charge in [0.25, 0.3) is 0 Å². The van der Waals surface area contributed by atoms with Gasteiger partial charge in [0.1, 0.15) is 6.04 Å². The zero-order valence-corrected chi connectivity index (χ0v) is 9.03. The van der Waals surface area contributed by atoms with Crippen LogP contribution in [0, 0.1) is 5.92 Å². The molecule has 0 spiro atoms. The predicted molar refractivity (Wildman–Crippen MR) is 52.4 cm³/mol. The van der Waals surface area contributed by atoms with Gasteiger partial charge in [-0.25, -0.2) is 4.79 Å². The Balaban J connectivity index is 4.12. The van der Waals surface area contributed by atoms with E-state index in [-0.39, 0.29) is 17.9 Å². The van der Waals surface area contributed by atoms with E-state index in [4.69, 9.17) is 5.73 Å². The van der Waals surface area contributed by atoms with Crippen molar-refractivity contribution in [3.63, 3.8) is 0 Å². The molecule has 0 fully saturated rings. The van der Waals surface area contributed by atoms with Gasteiger partial charge in [-0.1, -0.05) is 6.92 Å². The molecule has 0 rings (SSSR count). The molecule has 0 saturated heterocycles. The van der Waals surface area contributed by atoms with Crippen molar-refractivity contribution in [1.29, 1.82) is 0 Å². The van der Waals surface area contributed by atoms with Crippen molar-refractivity contribution < 1.29 is 14.3 Å². The van der Waals surface area contributed by atoms with Crippen LogP contribution in [0.25, 0.3) is 0 Å². The molecule has 14 heavy (non-hydrogen) atoms. The minimum absolute atomic E-state index is 0.236. The van der Waals surface area contributed by atoms with Crippen LogP contribution in [0.3, 0.4) is 0 Å². The number of rotatable bonds is 4. The number of hydrogen-bond donors (Lipinski definition) is 2. The molecule has 3 N–H and O–H groups in total. The Morgan fingerprint density at radius 1 is 1.29 bits per heavy atom. The maximum Gasteiger partial charge on any atom is 0.328 e. The number of hydrogen-bond acceptors (Lipinski definition) is 4. The molecule has 5 nitrogen and oxygen atoms in total. The van der Waals surface area contributed by atoms with E-state index in [9.17, 15) is 9.59 Å². The van der Waals surface area contributed by atoms with Crippen molar-refractivity contribution in [2.75, 3.05) is 7.11 Å². The fraction of sp³-hybridized carbons (Fsp3) is 0.778. The van der Waals surface area contributed by atoms with Crippen LogP contribution in [0.2, 0.25) is 0 Å². The first-order valence-electron chi connectivity index (χ1n) is 4.54. The Kier molecular flexibility index (Phi) is 5.15. The third-order valence-electron chi connectivity index (χ3n) is 2.12. The highest BCUT2D eigenvalue weighted by molar-refractivity contribution is 5.85. The normalized spacial score (nSPS) is 16.6. The van der Waals surface area contributed by atoms with Crippen LogP contribution in [-0.4, -0.2) is 31.1 Å². The summed E-state index contributed by atoms with van der Waals surface area (Å²) < 4.78 is 4.47. The second-order valence-corrected chi connectivity index (χ2v) is 3.40. The molecular weight excluding hydrogens is 184 g/mol. The van der Waals surface area contributed by atoms with Gasteiger partial charge in [0.05, 0.1) is 7.11 Å². The van der Waals surface area contributed by atoms with Gasteiger partial charge in [-0.3, -0.25) is 4.79 Å². The number of carbonyl (C=O) groups is 2. The van der Waals surface area contributed by atoms with Gasteiger partial charge in [-0.05, 0) is 13.8 Å². The number of nitrogens with one attached hydrogen (secondary N) is 1. The van der Waals surface area contributed by atoms with Gasteiger partial charge in [-0.2, -0.15) is 0 Å². The minimum Gasteiger partial charge on any atom is -0.467 e. The molecular formula is C9H18N2O3. The lowest BCUT2D eigenvalue weighted by molar-refractivity contribution is -0.145. The maximum absolute atomic E-state index is 11.4. The molecule has 82 valence electrons. The number of esters is 1. The lowest BCUT2D eigenvalue weighted by Crippen LogP contribution is -2.45. The quantitative estimate of drug-likeness (QED) is 0.610. The first-order chi connectivity index (χ1) is 6.40. The summed E-state index contributed by atoms with van der Waals surface area (Å²) in [6.45, 7) is 5.02. The summed E-state index contributed by atoms with van der Waals surface area (Å²) in [4.78, 5) is 22.4. The fourth-order valence-corrected chi connectivity index (χ4v) is 0.819. The third-order valence-corrected chi connectivity index (χ3v) is 2.12. The molecule has 0 aliphatic heterocycles. The summed E-state index contributed by atoms with van der Waals surface area (Å²) in [6.07, 6.45) is 0. The fourth-order valence-electron chi connectivity index (χ4n) is 0.819. The van der Waals surface area contributed by atoms with Gasteiger partial charge in [0, 0.05) is 12.0 Å². The molecule has 0 saturated carbocycles. The summed E-state index contributed by atoms with van der Waals surface area (Å²) in [7, 11) is 1.28. The molecule has 2 unspecified atom stereocenters. The molecule has 0 aromatic heterocycles. The SMILES string of the molecule is COC(=O)[C@@H](C)NC(=O)C(C)C(C)N. The summed E-state index contributed by atoms with van der Waals surface area (Å²) in [5, 5.41) is 2.52. The van der Waals surface area contributed by atoms with E-state index in [1.807, 2.05) is 0 Å². The average Bonchev–Trinajstić information content (AvgIpc) is 2.14. The maximum atomic E-state index is 11.4. The first-order valence-corrected chi connectivity index (χ1v) is 4.54. The lowest BCUT2D eigenvalue weighted by atomic mass is 10.0. The predicted octanol–water partition coefficient (Wildman–Crippen LogP) is -0.353. The second-order valence-electron chi connectivity index (χ2n) is 3.40. The van der Waals surface area contributed by atoms with Gasteiger partial charge >= 0.3 is 5.97 Å². The van der Waals surface area contributed by atoms with E-state index in [1.165, 1.54) is 7.11 Å². The van der Waals surface area contributed by atoms with E-state index in [0.29, 0.717) is 0 Å². The highest BCUT2D eigenvalue weighted by Gasteiger charge is 2.21. The number of nitrogens with two attached hydrogens (primary N) is 1. The molecule has 0 aromatic rings. The summed E-state index contributed by atoms with van der Waals surface area (Å²) in [5.41, 5.74) is 5.54. The lowest BCUT2D eigenvalue weighted by Gasteiger charge is -2.18. The van der Waals surface area contributed by atoms with Gasteiger partial charge in [0.15, 0.2) is 0 Å². The van der Waals surface area contributed by atoms with Gasteiger partial charge in [-0.15, -0.1) is 0 Å². The second kappa shape index (κ2) is 5.59. The highest BCUT2D eigenvalue weighted by atomic mass is 16.5. The van der Waals surface area contributed by atoms with Crippen LogP contribution in [0.15, 0.2) is 0 Å². The standard InChI is InChI=1S/C9H18N2O3/c1-5(6(2)10)8(12)11-7(3)9(13)14-4/h5-7H,10H2,1-4H3,(H,11,12)/t5?,6?,7-/m1/s1. The zero-order valence-electron chi connectivity index (χ0n) is 9.03. The van der Waals surface area contributed by atoms with Crippen molar-refractivity contribution >= 4 is 11.9 Å². The Morgan fingerprint density at radius 3 is 2.14 bits per heavy atom. The molecule has 1 amide bonds. The van der Waals surface area contributed by atoms with Crippen LogP contribution in [0.5, 0.6) is 0 Å². The van der Waals surface area contributed by atoms with Crippen LogP contribution in [0.1, 0.15) is 20.8 Å². The van der Waals surface area contributed by atoms with Gasteiger partial charge < -0.3 is 15.8 Å². The van der Waals surface area contributed by atoms with Crippen molar-refractivity contribution in [1.82, 2.24) is 5.32 Å². The summed E-state index contributed by atoms with van der Waals surface area (Å²) in [6, 6.07) is -0.867. The van der Waals surface area contributed by atoms with E-state index >= 15 is 0 Å². The molecule has 3 atom stereocenters. The van der Waals surface area contributed by atoms with E-state index in [2.05, 4.69) is 10.1 Å². The molecule has 0 radical (unpaired) electrons. The molecule has 0 bridgehead atoms. The Labute approximate surface area is 84.0 Å². The number of carbonyl (C=O) groups excluding carboxylic acids is 2. The first kappa shape index (κ1) is 12.9. The van der Waals surface area contributed by atoms with Crippen LogP contribution >= 0.6 is 0 Å². The zero-order chi connectivity index (χ0) is 11.3. The van der Waals surface area contributed by atoms with Crippen LogP contribution < -0.4 is 11.1 Å². The highest BCUT2D eigenvalue weighted by Crippen LogP contribution is 2.00. The molecule has 0 aliphatic rings. The molecule has 0 aliphatic carbocycles. The Bertz CT molecular complexity index is 216. The average molecular weight is 202 g/mol. The van der Waals surface area contributed by atoms with E-state index in [1.54, 1.807) is 20.8 Å². The topological polar surface area (TPSA) is 81.4 Å². The monoisotopic (exact) mass is 202 g/mol. The van der Waals surface area contributed by atoms with Crippen LogP contribution in [-0.2, 0) is 14.3 Å². The van der Waals surface area contributed by atoms with Crippen molar-refractivity contribution in [3.05, 3.63) is 0 Å². The smallest absolute Gasteiger partial charge is 0.328 e. The Morgan fingerprint density at radius 2 is 1.79 bits per heavy atom. The van der Waals surface area contributed by atoms with Crippen molar-refractivity contribution in [2.24, 2.45) is 11.7 Å². The number of amides is 1. The Hall–Kier alpha value is -1.10. The summed E-state index contributed by atoms with van der Waals surface area (Å²) in [5.74, 6) is -1.02. The molecule has 0 aromatic carbocycles. The number of ether oxygens (including phenoxy) is 1. The van der Waals surface area contributed by atoms with Crippen molar-refractivity contribution in [3.8, 4) is 0 Å². The molecule has 0 heterocycles. The molecule has 5 heteroatoms. The minimum atomic E-state index is -0.631. The van der Waals surface area contributed by atoms with Crippen molar-refractivity contribution in [2.45, 2.75) is 32.9 Å². The van der Waals surface area contributed by atoms with Crippen LogP contribution in [0.4, 0.5) is 0 Å². The van der Waals surface area contributed by atoms with E-state index < -0.39 is 12.0 Å². The van der Waals surface area contributed by atoms with Gasteiger partial charge in [0.2, 0.25) is 5.91 Å². The van der Waals surface area contributed by atoms with E-state index in [0.717, 1.165) is 0 Å².